The van der Waals surface area contributed by atoms with Crippen molar-refractivity contribution in [3.63, 3.8) is 0 Å². The fourth-order valence-corrected chi connectivity index (χ4v) is 2.49. The standard InChI is InChI=1S/C20H20F3NO3/c1-3-17(14-9-7-13(2)8-10-14)24-18(25)12-27-19(26)15-5-4-6-16(11-15)20(21,22)23/h4-11,17H,3,12H2,1-2H3,(H,24,25)/t17-/m0/s1. The van der Waals surface area contributed by atoms with Gasteiger partial charge < -0.3 is 10.1 Å². The highest BCUT2D eigenvalue weighted by atomic mass is 19.4. The Balaban J connectivity index is 1.94. The van der Waals surface area contributed by atoms with Crippen molar-refractivity contribution in [1.82, 2.24) is 5.32 Å². The number of carbonyl (C=O) groups is 2. The third-order valence-corrected chi connectivity index (χ3v) is 3.98. The smallest absolute Gasteiger partial charge is 0.416 e. The molecule has 1 N–H and O–H groups in total. The molecule has 4 nitrogen and oxygen atoms in total. The van der Waals surface area contributed by atoms with Crippen molar-refractivity contribution in [2.45, 2.75) is 32.5 Å². The van der Waals surface area contributed by atoms with Gasteiger partial charge >= 0.3 is 12.1 Å². The SMILES string of the molecule is CC[C@H](NC(=O)COC(=O)c1cccc(C(F)(F)F)c1)c1ccc(C)cc1. The highest BCUT2D eigenvalue weighted by molar-refractivity contribution is 5.91. The van der Waals surface area contributed by atoms with Gasteiger partial charge in [-0.3, -0.25) is 4.79 Å². The van der Waals surface area contributed by atoms with Crippen LogP contribution in [-0.2, 0) is 15.7 Å². The Bertz CT molecular complexity index is 801. The van der Waals surface area contributed by atoms with E-state index >= 15 is 0 Å². The molecule has 2 rings (SSSR count). The maximum Gasteiger partial charge on any atom is 0.416 e. The molecule has 0 fully saturated rings. The summed E-state index contributed by atoms with van der Waals surface area (Å²) in [7, 11) is 0. The molecule has 0 aliphatic heterocycles. The largest absolute Gasteiger partial charge is 0.452 e. The molecular weight excluding hydrogens is 359 g/mol. The van der Waals surface area contributed by atoms with Gasteiger partial charge in [-0.15, -0.1) is 0 Å². The first kappa shape index (κ1) is 20.5. The van der Waals surface area contributed by atoms with Gasteiger partial charge in [-0.1, -0.05) is 42.8 Å². The summed E-state index contributed by atoms with van der Waals surface area (Å²) in [5.41, 5.74) is 0.797. The summed E-state index contributed by atoms with van der Waals surface area (Å²) in [5, 5.41) is 2.75. The molecule has 1 amide bonds. The van der Waals surface area contributed by atoms with Crippen molar-refractivity contribution in [3.05, 3.63) is 70.8 Å². The van der Waals surface area contributed by atoms with Crippen LogP contribution >= 0.6 is 0 Å². The van der Waals surface area contributed by atoms with Crippen LogP contribution in [0, 0.1) is 6.92 Å². The molecule has 0 spiro atoms. The lowest BCUT2D eigenvalue weighted by Gasteiger charge is -2.17. The van der Waals surface area contributed by atoms with Gasteiger partial charge in [0.25, 0.3) is 5.91 Å². The van der Waals surface area contributed by atoms with Crippen LogP contribution in [0.4, 0.5) is 13.2 Å². The van der Waals surface area contributed by atoms with Crippen molar-refractivity contribution in [1.29, 1.82) is 0 Å². The zero-order valence-corrected chi connectivity index (χ0v) is 15.0. The van der Waals surface area contributed by atoms with Crippen LogP contribution in [-0.4, -0.2) is 18.5 Å². The second-order valence-electron chi connectivity index (χ2n) is 6.09. The van der Waals surface area contributed by atoms with E-state index in [1.165, 1.54) is 6.07 Å². The predicted molar refractivity (Wildman–Crippen MR) is 94.1 cm³/mol. The van der Waals surface area contributed by atoms with E-state index in [0.29, 0.717) is 12.5 Å². The fourth-order valence-electron chi connectivity index (χ4n) is 2.49. The summed E-state index contributed by atoms with van der Waals surface area (Å²) in [4.78, 5) is 24.0. The summed E-state index contributed by atoms with van der Waals surface area (Å²) in [6.07, 6.45) is -3.92. The summed E-state index contributed by atoms with van der Waals surface area (Å²) in [6, 6.07) is 11.3. The van der Waals surface area contributed by atoms with Crippen molar-refractivity contribution in [2.24, 2.45) is 0 Å². The molecule has 0 aliphatic rings. The number of alkyl halides is 3. The zero-order chi connectivity index (χ0) is 20.0. The van der Waals surface area contributed by atoms with Gasteiger partial charge in [0, 0.05) is 0 Å². The minimum atomic E-state index is -4.56. The number of amides is 1. The van der Waals surface area contributed by atoms with E-state index in [9.17, 15) is 22.8 Å². The molecule has 0 saturated carbocycles. The second kappa shape index (κ2) is 8.70. The minimum Gasteiger partial charge on any atom is -0.452 e. The molecule has 7 heteroatoms. The number of nitrogens with one attached hydrogen (secondary N) is 1. The van der Waals surface area contributed by atoms with Gasteiger partial charge in [0.15, 0.2) is 6.61 Å². The monoisotopic (exact) mass is 379 g/mol. The number of halogens is 3. The molecule has 0 saturated heterocycles. The van der Waals surface area contributed by atoms with E-state index in [4.69, 9.17) is 4.74 Å². The number of esters is 1. The van der Waals surface area contributed by atoms with Crippen LogP contribution in [0.2, 0.25) is 0 Å². The summed E-state index contributed by atoms with van der Waals surface area (Å²) < 4.78 is 42.9. The van der Waals surface area contributed by atoms with E-state index in [-0.39, 0.29) is 11.6 Å². The molecule has 27 heavy (non-hydrogen) atoms. The van der Waals surface area contributed by atoms with Gasteiger partial charge in [-0.2, -0.15) is 13.2 Å². The first-order valence-corrected chi connectivity index (χ1v) is 8.41. The average molecular weight is 379 g/mol. The van der Waals surface area contributed by atoms with Crippen LogP contribution < -0.4 is 5.32 Å². The highest BCUT2D eigenvalue weighted by Gasteiger charge is 2.31. The topological polar surface area (TPSA) is 55.4 Å². The van der Waals surface area contributed by atoms with Crippen LogP contribution in [0.3, 0.4) is 0 Å². The number of benzene rings is 2. The molecule has 0 heterocycles. The van der Waals surface area contributed by atoms with Crippen molar-refractivity contribution < 1.29 is 27.5 Å². The van der Waals surface area contributed by atoms with Crippen LogP contribution in [0.5, 0.6) is 0 Å². The van der Waals surface area contributed by atoms with Gasteiger partial charge in [0.2, 0.25) is 0 Å². The van der Waals surface area contributed by atoms with Crippen molar-refractivity contribution in [3.8, 4) is 0 Å². The molecule has 144 valence electrons. The first-order valence-electron chi connectivity index (χ1n) is 8.41. The molecule has 0 radical (unpaired) electrons. The Labute approximate surface area is 155 Å². The molecule has 2 aromatic rings. The average Bonchev–Trinajstić information content (AvgIpc) is 2.64. The van der Waals surface area contributed by atoms with Crippen LogP contribution in [0.25, 0.3) is 0 Å². The zero-order valence-electron chi connectivity index (χ0n) is 15.0. The van der Waals surface area contributed by atoms with E-state index in [1.807, 2.05) is 38.1 Å². The number of rotatable bonds is 6. The van der Waals surface area contributed by atoms with Gasteiger partial charge in [-0.05, 0) is 37.1 Å². The number of aryl methyl sites for hydroxylation is 1. The third-order valence-electron chi connectivity index (χ3n) is 3.98. The number of hydrogen-bond donors (Lipinski definition) is 1. The second-order valence-corrected chi connectivity index (χ2v) is 6.09. The van der Waals surface area contributed by atoms with Crippen LogP contribution in [0.15, 0.2) is 48.5 Å². The molecular formula is C20H20F3NO3. The fraction of sp³-hybridized carbons (Fsp3) is 0.300. The highest BCUT2D eigenvalue weighted by Crippen LogP contribution is 2.29. The molecule has 0 unspecified atom stereocenters. The van der Waals surface area contributed by atoms with E-state index in [1.54, 1.807) is 0 Å². The lowest BCUT2D eigenvalue weighted by atomic mass is 10.0. The Hall–Kier alpha value is -2.83. The van der Waals surface area contributed by atoms with Gasteiger partial charge in [0.1, 0.15) is 0 Å². The normalized spacial score (nSPS) is 12.3. The molecule has 1 atom stereocenters. The van der Waals surface area contributed by atoms with E-state index in [0.717, 1.165) is 23.3 Å². The van der Waals surface area contributed by atoms with Crippen LogP contribution in [0.1, 0.15) is 46.4 Å². The third kappa shape index (κ3) is 5.84. The Morgan fingerprint density at radius 3 is 2.37 bits per heavy atom. The van der Waals surface area contributed by atoms with Gasteiger partial charge in [-0.25, -0.2) is 4.79 Å². The Kier molecular flexibility index (Phi) is 6.60. The lowest BCUT2D eigenvalue weighted by Crippen LogP contribution is -2.32. The number of ether oxygens (including phenoxy) is 1. The van der Waals surface area contributed by atoms with Crippen molar-refractivity contribution >= 4 is 11.9 Å². The number of hydrogen-bond acceptors (Lipinski definition) is 3. The summed E-state index contributed by atoms with van der Waals surface area (Å²) in [5.74, 6) is -1.51. The van der Waals surface area contributed by atoms with E-state index < -0.39 is 30.2 Å². The van der Waals surface area contributed by atoms with Gasteiger partial charge in [0.05, 0.1) is 17.2 Å². The Morgan fingerprint density at radius 1 is 1.11 bits per heavy atom. The summed E-state index contributed by atoms with van der Waals surface area (Å²) >= 11 is 0. The molecule has 0 aromatic heterocycles. The quantitative estimate of drug-likeness (QED) is 0.755. The predicted octanol–water partition coefficient (Wildman–Crippen LogP) is 4.44. The first-order chi connectivity index (χ1) is 12.7. The molecule has 0 bridgehead atoms. The Morgan fingerprint density at radius 2 is 1.78 bits per heavy atom. The minimum absolute atomic E-state index is 0.245. The summed E-state index contributed by atoms with van der Waals surface area (Å²) in [6.45, 7) is 3.29. The van der Waals surface area contributed by atoms with Crippen molar-refractivity contribution in [2.75, 3.05) is 6.61 Å². The lowest BCUT2D eigenvalue weighted by molar-refractivity contribution is -0.137. The maximum atomic E-state index is 12.7. The molecule has 0 aliphatic carbocycles. The maximum absolute atomic E-state index is 12.7. The number of carbonyl (C=O) groups excluding carboxylic acids is 2. The van der Waals surface area contributed by atoms with E-state index in [2.05, 4.69) is 5.32 Å². The molecule has 2 aromatic carbocycles.